The highest BCUT2D eigenvalue weighted by molar-refractivity contribution is 5.97. The van der Waals surface area contributed by atoms with Crippen molar-refractivity contribution in [3.05, 3.63) is 29.8 Å². The van der Waals surface area contributed by atoms with E-state index in [9.17, 15) is 4.79 Å². The molecule has 1 aromatic rings. The Morgan fingerprint density at radius 1 is 1.50 bits per heavy atom. The summed E-state index contributed by atoms with van der Waals surface area (Å²) in [5.41, 5.74) is 0.566. The number of carbonyl (C=O) groups excluding carboxylic acids is 1. The van der Waals surface area contributed by atoms with Crippen LogP contribution in [0.3, 0.4) is 0 Å². The summed E-state index contributed by atoms with van der Waals surface area (Å²) in [5.74, 6) is 0.533. The lowest BCUT2D eigenvalue weighted by Gasteiger charge is -2.36. The minimum absolute atomic E-state index is 0.0747. The van der Waals surface area contributed by atoms with Gasteiger partial charge in [0.1, 0.15) is 5.75 Å². The molecule has 0 unspecified atom stereocenters. The third-order valence-electron chi connectivity index (χ3n) is 2.57. The Hall–Kier alpha value is -1.55. The van der Waals surface area contributed by atoms with Gasteiger partial charge in [-0.05, 0) is 19.1 Å². The largest absolute Gasteiger partial charge is 0.493 e. The number of benzene rings is 1. The van der Waals surface area contributed by atoms with E-state index in [0.29, 0.717) is 31.0 Å². The second-order valence-electron chi connectivity index (χ2n) is 3.79. The van der Waals surface area contributed by atoms with E-state index in [2.05, 4.69) is 0 Å². The average Bonchev–Trinajstić information content (AvgIpc) is 2.25. The summed E-state index contributed by atoms with van der Waals surface area (Å²) in [5, 5.41) is 9.16. The Morgan fingerprint density at radius 2 is 2.19 bits per heavy atom. The van der Waals surface area contributed by atoms with Gasteiger partial charge >= 0.3 is 0 Å². The van der Waals surface area contributed by atoms with E-state index in [1.54, 1.807) is 17.0 Å². The van der Waals surface area contributed by atoms with Crippen molar-refractivity contribution in [1.82, 2.24) is 4.90 Å². The number of aliphatic hydroxyl groups excluding tert-OH is 1. The van der Waals surface area contributed by atoms with Crippen LogP contribution in [0.5, 0.6) is 5.75 Å². The normalized spacial score (nSPS) is 15.8. The highest BCUT2D eigenvalue weighted by atomic mass is 16.5. The minimum atomic E-state index is -0.372. The predicted molar refractivity (Wildman–Crippen MR) is 59.5 cm³/mol. The number of carbonyl (C=O) groups is 1. The van der Waals surface area contributed by atoms with Gasteiger partial charge in [-0.1, -0.05) is 12.1 Å². The fourth-order valence-electron chi connectivity index (χ4n) is 1.72. The van der Waals surface area contributed by atoms with Gasteiger partial charge in [-0.3, -0.25) is 4.79 Å². The second kappa shape index (κ2) is 4.53. The topological polar surface area (TPSA) is 49.8 Å². The molecule has 1 aromatic carbocycles. The maximum Gasteiger partial charge on any atom is 0.257 e. The first-order chi connectivity index (χ1) is 7.72. The minimum Gasteiger partial charge on any atom is -0.493 e. The molecule has 1 fully saturated rings. The predicted octanol–water partition coefficient (Wildman–Crippen LogP) is 0.902. The van der Waals surface area contributed by atoms with Crippen molar-refractivity contribution in [1.29, 1.82) is 0 Å². The molecule has 0 spiro atoms. The highest BCUT2D eigenvalue weighted by Gasteiger charge is 2.30. The third kappa shape index (κ3) is 2.02. The standard InChI is InChI=1S/C12H15NO3/c1-2-16-11-6-4-3-5-10(11)12(15)13-7-9(14)8-13/h3-6,9,14H,2,7-8H2,1H3. The van der Waals surface area contributed by atoms with Gasteiger partial charge in [0.25, 0.3) is 5.91 Å². The number of hydrogen-bond donors (Lipinski definition) is 1. The fraction of sp³-hybridized carbons (Fsp3) is 0.417. The Balaban J connectivity index is 2.16. The van der Waals surface area contributed by atoms with Gasteiger partial charge in [0.2, 0.25) is 0 Å². The molecule has 2 rings (SSSR count). The molecular formula is C12H15NO3. The van der Waals surface area contributed by atoms with Gasteiger partial charge in [0.15, 0.2) is 0 Å². The Kier molecular flexibility index (Phi) is 3.10. The molecule has 0 aliphatic carbocycles. The summed E-state index contributed by atoms with van der Waals surface area (Å²) in [6, 6.07) is 7.18. The van der Waals surface area contributed by atoms with Gasteiger partial charge in [0, 0.05) is 13.1 Å². The van der Waals surface area contributed by atoms with Gasteiger partial charge in [-0.15, -0.1) is 0 Å². The molecule has 0 saturated carbocycles. The first kappa shape index (κ1) is 11.0. The zero-order chi connectivity index (χ0) is 11.5. The zero-order valence-electron chi connectivity index (χ0n) is 9.22. The highest BCUT2D eigenvalue weighted by Crippen LogP contribution is 2.22. The average molecular weight is 221 g/mol. The van der Waals surface area contributed by atoms with Crippen LogP contribution in [0.2, 0.25) is 0 Å². The summed E-state index contributed by atoms with van der Waals surface area (Å²) in [6.07, 6.45) is -0.372. The number of β-amino-alcohol motifs (C(OH)–C–C–N with tert-alkyl or cyclic N) is 1. The van der Waals surface area contributed by atoms with Crippen LogP contribution in [0.1, 0.15) is 17.3 Å². The molecule has 1 heterocycles. The molecule has 0 atom stereocenters. The van der Waals surface area contributed by atoms with Crippen LogP contribution in [0, 0.1) is 0 Å². The van der Waals surface area contributed by atoms with Crippen molar-refractivity contribution < 1.29 is 14.6 Å². The lowest BCUT2D eigenvalue weighted by molar-refractivity contribution is 0.00566. The molecule has 1 N–H and O–H groups in total. The van der Waals surface area contributed by atoms with Crippen LogP contribution >= 0.6 is 0 Å². The summed E-state index contributed by atoms with van der Waals surface area (Å²) < 4.78 is 5.39. The van der Waals surface area contributed by atoms with Gasteiger partial charge in [0.05, 0.1) is 18.3 Å². The molecule has 4 nitrogen and oxygen atoms in total. The molecule has 1 amide bonds. The van der Waals surface area contributed by atoms with Crippen molar-refractivity contribution >= 4 is 5.91 Å². The molecule has 4 heteroatoms. The fourth-order valence-corrected chi connectivity index (χ4v) is 1.72. The van der Waals surface area contributed by atoms with Crippen molar-refractivity contribution in [3.63, 3.8) is 0 Å². The van der Waals surface area contributed by atoms with E-state index in [-0.39, 0.29) is 12.0 Å². The molecule has 1 aliphatic rings. The molecular weight excluding hydrogens is 206 g/mol. The lowest BCUT2D eigenvalue weighted by atomic mass is 10.1. The maximum absolute atomic E-state index is 12.0. The van der Waals surface area contributed by atoms with E-state index in [0.717, 1.165) is 0 Å². The Labute approximate surface area is 94.4 Å². The molecule has 1 saturated heterocycles. The van der Waals surface area contributed by atoms with Gasteiger partial charge in [-0.2, -0.15) is 0 Å². The Morgan fingerprint density at radius 3 is 2.81 bits per heavy atom. The first-order valence-corrected chi connectivity index (χ1v) is 5.41. The van der Waals surface area contributed by atoms with Crippen LogP contribution in [0.25, 0.3) is 0 Å². The van der Waals surface area contributed by atoms with E-state index >= 15 is 0 Å². The quantitative estimate of drug-likeness (QED) is 0.825. The number of likely N-dealkylation sites (tertiary alicyclic amines) is 1. The van der Waals surface area contributed by atoms with Crippen LogP contribution in [-0.2, 0) is 0 Å². The summed E-state index contributed by atoms with van der Waals surface area (Å²) >= 11 is 0. The number of ether oxygens (including phenoxy) is 1. The summed E-state index contributed by atoms with van der Waals surface area (Å²) in [7, 11) is 0. The van der Waals surface area contributed by atoms with Crippen LogP contribution in [-0.4, -0.2) is 41.7 Å². The number of aliphatic hydroxyl groups is 1. The van der Waals surface area contributed by atoms with Crippen LogP contribution in [0.15, 0.2) is 24.3 Å². The van der Waals surface area contributed by atoms with Crippen molar-refractivity contribution in [3.8, 4) is 5.75 Å². The SMILES string of the molecule is CCOc1ccccc1C(=O)N1CC(O)C1. The van der Waals surface area contributed by atoms with Crippen LogP contribution < -0.4 is 4.74 Å². The molecule has 0 radical (unpaired) electrons. The smallest absolute Gasteiger partial charge is 0.257 e. The van der Waals surface area contributed by atoms with Gasteiger partial charge in [-0.25, -0.2) is 0 Å². The molecule has 16 heavy (non-hydrogen) atoms. The van der Waals surface area contributed by atoms with E-state index in [1.165, 1.54) is 0 Å². The number of para-hydroxylation sites is 1. The molecule has 86 valence electrons. The number of hydrogen-bond acceptors (Lipinski definition) is 3. The van der Waals surface area contributed by atoms with E-state index in [1.807, 2.05) is 19.1 Å². The number of rotatable bonds is 3. The zero-order valence-corrected chi connectivity index (χ0v) is 9.22. The van der Waals surface area contributed by atoms with E-state index in [4.69, 9.17) is 9.84 Å². The molecule has 1 aliphatic heterocycles. The van der Waals surface area contributed by atoms with Gasteiger partial charge < -0.3 is 14.7 Å². The number of amides is 1. The molecule has 0 aromatic heterocycles. The Bertz CT molecular complexity index is 386. The third-order valence-corrected chi connectivity index (χ3v) is 2.57. The second-order valence-corrected chi connectivity index (χ2v) is 3.79. The van der Waals surface area contributed by atoms with Crippen molar-refractivity contribution in [2.24, 2.45) is 0 Å². The summed E-state index contributed by atoms with van der Waals surface area (Å²) in [4.78, 5) is 13.6. The van der Waals surface area contributed by atoms with Crippen molar-refractivity contribution in [2.75, 3.05) is 19.7 Å². The first-order valence-electron chi connectivity index (χ1n) is 5.41. The monoisotopic (exact) mass is 221 g/mol. The maximum atomic E-state index is 12.0. The number of nitrogens with zero attached hydrogens (tertiary/aromatic N) is 1. The summed E-state index contributed by atoms with van der Waals surface area (Å²) in [6.45, 7) is 3.25. The van der Waals surface area contributed by atoms with Crippen LogP contribution in [0.4, 0.5) is 0 Å². The molecule has 0 bridgehead atoms. The van der Waals surface area contributed by atoms with E-state index < -0.39 is 0 Å². The van der Waals surface area contributed by atoms with Crippen molar-refractivity contribution in [2.45, 2.75) is 13.0 Å². The lowest BCUT2D eigenvalue weighted by Crippen LogP contribution is -2.53.